The quantitative estimate of drug-likeness (QED) is 0.696. The van der Waals surface area contributed by atoms with Gasteiger partial charge in [-0.1, -0.05) is 0 Å². The molecule has 1 rings (SSSR count). The number of rotatable bonds is 5. The predicted octanol–water partition coefficient (Wildman–Crippen LogP) is 1.02. The molecular weight excluding hydrogens is 254 g/mol. The van der Waals surface area contributed by atoms with Crippen molar-refractivity contribution in [3.05, 3.63) is 28.0 Å². The van der Waals surface area contributed by atoms with E-state index in [1.54, 1.807) is 6.08 Å². The molecule has 0 fully saturated rings. The van der Waals surface area contributed by atoms with E-state index in [2.05, 4.69) is 5.32 Å². The third-order valence-electron chi connectivity index (χ3n) is 2.33. The predicted molar refractivity (Wildman–Crippen MR) is 69.3 cm³/mol. The molecule has 5 nitrogen and oxygen atoms in total. The molecule has 1 heterocycles. The number of aliphatic hydroxyl groups is 1. The summed E-state index contributed by atoms with van der Waals surface area (Å²) in [4.78, 5) is 23.2. The van der Waals surface area contributed by atoms with Crippen molar-refractivity contribution < 1.29 is 19.8 Å². The summed E-state index contributed by atoms with van der Waals surface area (Å²) in [6, 6.07) is 0.629. The molecule has 1 amide bonds. The molecule has 98 valence electrons. The average molecular weight is 269 g/mol. The summed E-state index contributed by atoms with van der Waals surface area (Å²) in [5.74, 6) is -1.81. The number of carbonyl (C=O) groups is 2. The van der Waals surface area contributed by atoms with E-state index in [0.717, 1.165) is 10.4 Å². The molecule has 3 N–H and O–H groups in total. The summed E-state index contributed by atoms with van der Waals surface area (Å²) in [5.41, 5.74) is 1.05. The van der Waals surface area contributed by atoms with Gasteiger partial charge in [-0.25, -0.2) is 4.79 Å². The van der Waals surface area contributed by atoms with Crippen LogP contribution in [0.5, 0.6) is 0 Å². The Morgan fingerprint density at radius 3 is 2.61 bits per heavy atom. The first kappa shape index (κ1) is 14.4. The van der Waals surface area contributed by atoms with Crippen LogP contribution in [-0.4, -0.2) is 34.2 Å². The monoisotopic (exact) mass is 269 g/mol. The van der Waals surface area contributed by atoms with Gasteiger partial charge in [-0.05, 0) is 36.9 Å². The van der Waals surface area contributed by atoms with Crippen LogP contribution in [0, 0.1) is 6.92 Å². The molecule has 0 aliphatic heterocycles. The smallest absolute Gasteiger partial charge is 0.328 e. The number of aryl methyl sites for hydroxylation is 1. The van der Waals surface area contributed by atoms with Crippen molar-refractivity contribution in [2.45, 2.75) is 26.0 Å². The van der Waals surface area contributed by atoms with E-state index in [1.807, 2.05) is 18.4 Å². The molecule has 18 heavy (non-hydrogen) atoms. The van der Waals surface area contributed by atoms with Gasteiger partial charge in [-0.3, -0.25) is 4.79 Å². The van der Waals surface area contributed by atoms with Crippen LogP contribution in [0.3, 0.4) is 0 Å². The second kappa shape index (κ2) is 6.32. The molecule has 0 aliphatic rings. The Labute approximate surface area is 109 Å². The van der Waals surface area contributed by atoms with Crippen LogP contribution in [0.4, 0.5) is 0 Å². The molecular formula is C12H15NO4S. The molecule has 0 saturated carbocycles. The zero-order valence-electron chi connectivity index (χ0n) is 10.1. The highest BCUT2D eigenvalue weighted by Gasteiger charge is 2.23. The molecule has 0 aromatic carbocycles. The van der Waals surface area contributed by atoms with Gasteiger partial charge in [0.15, 0.2) is 6.04 Å². The maximum atomic E-state index is 11.5. The normalized spacial score (nSPS) is 14.4. The number of aliphatic hydroxyl groups excluding tert-OH is 1. The van der Waals surface area contributed by atoms with Gasteiger partial charge in [0.25, 0.3) is 0 Å². The molecule has 2 atom stereocenters. The van der Waals surface area contributed by atoms with Crippen molar-refractivity contribution in [3.63, 3.8) is 0 Å². The zero-order valence-corrected chi connectivity index (χ0v) is 10.9. The average Bonchev–Trinajstić information content (AvgIpc) is 2.68. The minimum absolute atomic E-state index is 0.545. The largest absolute Gasteiger partial charge is 0.480 e. The Kier molecular flexibility index (Phi) is 5.06. The van der Waals surface area contributed by atoms with E-state index < -0.39 is 24.0 Å². The number of amides is 1. The summed E-state index contributed by atoms with van der Waals surface area (Å²) in [7, 11) is 0. The molecule has 0 unspecified atom stereocenters. The van der Waals surface area contributed by atoms with Gasteiger partial charge in [-0.2, -0.15) is 0 Å². The van der Waals surface area contributed by atoms with Gasteiger partial charge < -0.3 is 15.5 Å². The Balaban J connectivity index is 2.64. The summed E-state index contributed by atoms with van der Waals surface area (Å²) in [6.07, 6.45) is 1.73. The summed E-state index contributed by atoms with van der Waals surface area (Å²) < 4.78 is 0. The lowest BCUT2D eigenvalue weighted by Gasteiger charge is -2.15. The Morgan fingerprint density at radius 2 is 2.17 bits per heavy atom. The summed E-state index contributed by atoms with van der Waals surface area (Å²) in [5, 5.41) is 22.1. The van der Waals surface area contributed by atoms with Crippen molar-refractivity contribution in [2.75, 3.05) is 0 Å². The van der Waals surface area contributed by atoms with Crippen LogP contribution in [-0.2, 0) is 9.59 Å². The third kappa shape index (κ3) is 3.97. The van der Waals surface area contributed by atoms with Crippen molar-refractivity contribution in [2.24, 2.45) is 0 Å². The van der Waals surface area contributed by atoms with Crippen LogP contribution >= 0.6 is 11.3 Å². The fraction of sp³-hybridized carbons (Fsp3) is 0.333. The van der Waals surface area contributed by atoms with E-state index in [-0.39, 0.29) is 0 Å². The van der Waals surface area contributed by atoms with Crippen LogP contribution in [0.1, 0.15) is 17.4 Å². The zero-order chi connectivity index (χ0) is 13.7. The third-order valence-corrected chi connectivity index (χ3v) is 3.32. The molecule has 0 radical (unpaired) electrons. The van der Waals surface area contributed by atoms with E-state index in [1.165, 1.54) is 24.3 Å². The SMILES string of the molecule is Cc1ccsc1/C=C/C(=O)N[C@H](C(=O)O)[C@@H](C)O. The van der Waals surface area contributed by atoms with Crippen molar-refractivity contribution in [3.8, 4) is 0 Å². The Hall–Kier alpha value is -1.66. The minimum atomic E-state index is -1.30. The lowest BCUT2D eigenvalue weighted by atomic mass is 10.2. The second-order valence-electron chi connectivity index (χ2n) is 3.87. The first-order chi connectivity index (χ1) is 8.41. The number of thiophene rings is 1. The number of carboxylic acids is 1. The van der Waals surface area contributed by atoms with Gasteiger partial charge in [0.05, 0.1) is 6.10 Å². The van der Waals surface area contributed by atoms with Crippen LogP contribution in [0.15, 0.2) is 17.5 Å². The molecule has 0 saturated heterocycles. The van der Waals surface area contributed by atoms with Crippen molar-refractivity contribution >= 4 is 29.3 Å². The number of carboxylic acid groups (broad SMARTS) is 1. The van der Waals surface area contributed by atoms with Crippen molar-refractivity contribution in [1.82, 2.24) is 5.32 Å². The standard InChI is InChI=1S/C12H15NO4S/c1-7-5-6-18-9(7)3-4-10(15)13-11(8(2)14)12(16)17/h3-6,8,11,14H,1-2H3,(H,13,15)(H,16,17)/b4-3+/t8-,11+/m1/s1. The first-order valence-electron chi connectivity index (χ1n) is 5.35. The summed E-state index contributed by atoms with van der Waals surface area (Å²) in [6.45, 7) is 3.23. The lowest BCUT2D eigenvalue weighted by Crippen LogP contribution is -2.47. The first-order valence-corrected chi connectivity index (χ1v) is 6.23. The molecule has 1 aromatic heterocycles. The maximum Gasteiger partial charge on any atom is 0.328 e. The van der Waals surface area contributed by atoms with Crippen LogP contribution < -0.4 is 5.32 Å². The Morgan fingerprint density at radius 1 is 1.50 bits per heavy atom. The number of aliphatic carboxylic acids is 1. The van der Waals surface area contributed by atoms with Gasteiger partial charge in [0.2, 0.25) is 5.91 Å². The van der Waals surface area contributed by atoms with Gasteiger partial charge >= 0.3 is 5.97 Å². The fourth-order valence-corrected chi connectivity index (χ4v) is 2.12. The second-order valence-corrected chi connectivity index (χ2v) is 4.81. The fourth-order valence-electron chi connectivity index (χ4n) is 1.30. The molecule has 0 aliphatic carbocycles. The van der Waals surface area contributed by atoms with Crippen LogP contribution in [0.25, 0.3) is 6.08 Å². The summed E-state index contributed by atoms with van der Waals surface area (Å²) >= 11 is 1.49. The highest BCUT2D eigenvalue weighted by Crippen LogP contribution is 2.16. The highest BCUT2D eigenvalue weighted by atomic mass is 32.1. The van der Waals surface area contributed by atoms with E-state index in [0.29, 0.717) is 0 Å². The number of carbonyl (C=O) groups excluding carboxylic acids is 1. The van der Waals surface area contributed by atoms with Gasteiger partial charge in [0.1, 0.15) is 0 Å². The molecule has 0 spiro atoms. The number of hydrogen-bond donors (Lipinski definition) is 3. The molecule has 1 aromatic rings. The number of nitrogens with one attached hydrogen (secondary N) is 1. The Bertz CT molecular complexity index is 464. The highest BCUT2D eigenvalue weighted by molar-refractivity contribution is 7.11. The van der Waals surface area contributed by atoms with Crippen LogP contribution in [0.2, 0.25) is 0 Å². The van der Waals surface area contributed by atoms with Crippen molar-refractivity contribution in [1.29, 1.82) is 0 Å². The maximum absolute atomic E-state index is 11.5. The molecule has 0 bridgehead atoms. The van der Waals surface area contributed by atoms with E-state index in [9.17, 15) is 14.7 Å². The lowest BCUT2D eigenvalue weighted by molar-refractivity contribution is -0.144. The van der Waals surface area contributed by atoms with E-state index in [4.69, 9.17) is 5.11 Å². The minimum Gasteiger partial charge on any atom is -0.480 e. The topological polar surface area (TPSA) is 86.6 Å². The van der Waals surface area contributed by atoms with E-state index >= 15 is 0 Å². The molecule has 6 heteroatoms. The van der Waals surface area contributed by atoms with Gasteiger partial charge in [0, 0.05) is 11.0 Å². The van der Waals surface area contributed by atoms with Gasteiger partial charge in [-0.15, -0.1) is 11.3 Å². The number of hydrogen-bond acceptors (Lipinski definition) is 4.